The van der Waals surface area contributed by atoms with Crippen LogP contribution >= 0.6 is 0 Å². The van der Waals surface area contributed by atoms with Gasteiger partial charge in [0.1, 0.15) is 7.05 Å². The molecule has 0 atom stereocenters. The summed E-state index contributed by atoms with van der Waals surface area (Å²) in [5.41, 5.74) is 7.30. The first-order chi connectivity index (χ1) is 7.81. The highest BCUT2D eigenvalue weighted by Gasteiger charge is 2.27. The standard InChI is InChI=1S/C15H16N/c1-3-11-6-4-7-12-10-13-8-5-9-16(2)15(13)14(11)12/h4-9H,3,10H2,1-2H3/q+1. The lowest BCUT2D eigenvalue weighted by molar-refractivity contribution is -0.660. The van der Waals surface area contributed by atoms with E-state index in [0.29, 0.717) is 0 Å². The van der Waals surface area contributed by atoms with Crippen LogP contribution in [0, 0.1) is 0 Å². The number of nitrogens with zero attached hydrogens (tertiary/aromatic N) is 1. The highest BCUT2D eigenvalue weighted by atomic mass is 14.9. The van der Waals surface area contributed by atoms with E-state index in [1.165, 1.54) is 27.9 Å². The maximum absolute atomic E-state index is 2.26. The number of fused-ring (bicyclic) bond motifs is 3. The van der Waals surface area contributed by atoms with Gasteiger partial charge in [-0.3, -0.25) is 0 Å². The fourth-order valence-corrected chi connectivity index (χ4v) is 2.75. The van der Waals surface area contributed by atoms with Gasteiger partial charge in [-0.05, 0) is 23.6 Å². The second kappa shape index (κ2) is 3.44. The number of benzene rings is 1. The second-order valence-corrected chi connectivity index (χ2v) is 4.47. The Bertz CT molecular complexity index is 555. The van der Waals surface area contributed by atoms with Gasteiger partial charge >= 0.3 is 0 Å². The molecule has 1 nitrogen and oxygen atoms in total. The van der Waals surface area contributed by atoms with E-state index in [1.54, 1.807) is 0 Å². The summed E-state index contributed by atoms with van der Waals surface area (Å²) >= 11 is 0. The van der Waals surface area contributed by atoms with Crippen molar-refractivity contribution in [1.29, 1.82) is 0 Å². The van der Waals surface area contributed by atoms with Crippen LogP contribution in [0.5, 0.6) is 0 Å². The fraction of sp³-hybridized carbons (Fsp3) is 0.267. The number of hydrogen-bond acceptors (Lipinski definition) is 0. The van der Waals surface area contributed by atoms with Crippen molar-refractivity contribution >= 4 is 0 Å². The minimum atomic E-state index is 1.09. The molecule has 0 radical (unpaired) electrons. The molecular formula is C15H16N+. The number of rotatable bonds is 1. The van der Waals surface area contributed by atoms with Gasteiger partial charge in [-0.25, -0.2) is 4.57 Å². The molecule has 3 rings (SSSR count). The third kappa shape index (κ3) is 1.21. The van der Waals surface area contributed by atoms with E-state index in [-0.39, 0.29) is 0 Å². The van der Waals surface area contributed by atoms with Crippen molar-refractivity contribution < 1.29 is 4.57 Å². The molecule has 1 heteroatoms. The largest absolute Gasteiger partial charge is 0.216 e. The first-order valence-electron chi connectivity index (χ1n) is 5.90. The van der Waals surface area contributed by atoms with Gasteiger partial charge in [-0.2, -0.15) is 0 Å². The van der Waals surface area contributed by atoms with Crippen LogP contribution in [-0.2, 0) is 19.9 Å². The topological polar surface area (TPSA) is 3.88 Å². The first-order valence-corrected chi connectivity index (χ1v) is 5.90. The molecule has 0 N–H and O–H groups in total. The van der Waals surface area contributed by atoms with Crippen molar-refractivity contribution in [1.82, 2.24) is 0 Å². The van der Waals surface area contributed by atoms with Crippen LogP contribution in [0.3, 0.4) is 0 Å². The second-order valence-electron chi connectivity index (χ2n) is 4.47. The van der Waals surface area contributed by atoms with E-state index in [0.717, 1.165) is 12.8 Å². The molecule has 0 aliphatic heterocycles. The molecule has 0 saturated carbocycles. The van der Waals surface area contributed by atoms with Gasteiger partial charge in [-0.1, -0.05) is 25.1 Å². The molecule has 0 amide bonds. The zero-order valence-corrected chi connectivity index (χ0v) is 9.83. The molecule has 1 heterocycles. The summed E-state index contributed by atoms with van der Waals surface area (Å²) in [4.78, 5) is 0. The summed E-state index contributed by atoms with van der Waals surface area (Å²) in [5, 5.41) is 0. The molecule has 0 bridgehead atoms. The molecule has 1 aliphatic carbocycles. The van der Waals surface area contributed by atoms with Crippen molar-refractivity contribution in [3.8, 4) is 11.3 Å². The monoisotopic (exact) mass is 210 g/mol. The van der Waals surface area contributed by atoms with Gasteiger partial charge in [0.2, 0.25) is 5.69 Å². The predicted molar refractivity (Wildman–Crippen MR) is 65.2 cm³/mol. The van der Waals surface area contributed by atoms with Crippen LogP contribution in [0.15, 0.2) is 36.5 Å². The van der Waals surface area contributed by atoms with Crippen molar-refractivity contribution in [2.75, 3.05) is 0 Å². The zero-order chi connectivity index (χ0) is 11.1. The molecule has 1 aromatic heterocycles. The van der Waals surface area contributed by atoms with Gasteiger partial charge in [-0.15, -0.1) is 0 Å². The lowest BCUT2D eigenvalue weighted by atomic mass is 10.0. The Hall–Kier alpha value is -1.63. The van der Waals surface area contributed by atoms with Gasteiger partial charge in [0.15, 0.2) is 6.20 Å². The van der Waals surface area contributed by atoms with Gasteiger partial charge in [0.25, 0.3) is 0 Å². The third-order valence-corrected chi connectivity index (χ3v) is 3.50. The fourth-order valence-electron chi connectivity index (χ4n) is 2.75. The quantitative estimate of drug-likeness (QED) is 0.544. The lowest BCUT2D eigenvalue weighted by Gasteiger charge is -2.05. The molecule has 0 fully saturated rings. The molecule has 16 heavy (non-hydrogen) atoms. The smallest absolute Gasteiger partial charge is 0.201 e. The van der Waals surface area contributed by atoms with Crippen molar-refractivity contribution in [2.24, 2.45) is 7.05 Å². The third-order valence-electron chi connectivity index (χ3n) is 3.50. The van der Waals surface area contributed by atoms with E-state index < -0.39 is 0 Å². The summed E-state index contributed by atoms with van der Waals surface area (Å²) in [7, 11) is 2.14. The highest BCUT2D eigenvalue weighted by molar-refractivity contribution is 5.74. The first kappa shape index (κ1) is 9.59. The van der Waals surface area contributed by atoms with E-state index in [2.05, 4.69) is 55.1 Å². The SMILES string of the molecule is CCc1cccc2c1-c1c(ccc[n+]1C)C2. The Balaban J connectivity index is 2.34. The van der Waals surface area contributed by atoms with E-state index >= 15 is 0 Å². The Labute approximate surface area is 96.4 Å². The van der Waals surface area contributed by atoms with Crippen LogP contribution in [0.25, 0.3) is 11.3 Å². The van der Waals surface area contributed by atoms with Crippen molar-refractivity contribution in [3.05, 3.63) is 53.2 Å². The molecule has 1 aromatic carbocycles. The Kier molecular flexibility index (Phi) is 2.06. The molecular weight excluding hydrogens is 194 g/mol. The maximum atomic E-state index is 2.26. The van der Waals surface area contributed by atoms with E-state index in [1.807, 2.05) is 0 Å². The summed E-state index contributed by atoms with van der Waals surface area (Å²) in [5.74, 6) is 0. The number of aromatic nitrogens is 1. The minimum absolute atomic E-state index is 1.09. The highest BCUT2D eigenvalue weighted by Crippen LogP contribution is 2.36. The molecule has 2 aromatic rings. The molecule has 80 valence electrons. The maximum Gasteiger partial charge on any atom is 0.216 e. The van der Waals surface area contributed by atoms with E-state index in [9.17, 15) is 0 Å². The van der Waals surface area contributed by atoms with Crippen LogP contribution in [0.4, 0.5) is 0 Å². The Morgan fingerprint density at radius 1 is 1.12 bits per heavy atom. The van der Waals surface area contributed by atoms with Crippen LogP contribution < -0.4 is 4.57 Å². The van der Waals surface area contributed by atoms with E-state index in [4.69, 9.17) is 0 Å². The average Bonchev–Trinajstić information content (AvgIpc) is 2.68. The Morgan fingerprint density at radius 2 is 1.94 bits per heavy atom. The molecule has 1 aliphatic rings. The van der Waals surface area contributed by atoms with Crippen molar-refractivity contribution in [2.45, 2.75) is 19.8 Å². The molecule has 0 unspecified atom stereocenters. The lowest BCUT2D eigenvalue weighted by Crippen LogP contribution is -2.30. The van der Waals surface area contributed by atoms with Crippen LogP contribution in [-0.4, -0.2) is 0 Å². The average molecular weight is 210 g/mol. The molecule has 0 saturated heterocycles. The summed E-state index contributed by atoms with van der Waals surface area (Å²) in [6, 6.07) is 11.1. The summed E-state index contributed by atoms with van der Waals surface area (Å²) < 4.78 is 2.25. The summed E-state index contributed by atoms with van der Waals surface area (Å²) in [6.45, 7) is 2.23. The van der Waals surface area contributed by atoms with Crippen LogP contribution in [0.2, 0.25) is 0 Å². The zero-order valence-electron chi connectivity index (χ0n) is 9.83. The number of pyridine rings is 1. The number of hydrogen-bond donors (Lipinski definition) is 0. The normalized spacial score (nSPS) is 12.4. The minimum Gasteiger partial charge on any atom is -0.201 e. The van der Waals surface area contributed by atoms with Gasteiger partial charge < -0.3 is 0 Å². The van der Waals surface area contributed by atoms with Gasteiger partial charge in [0.05, 0.1) is 5.56 Å². The number of aryl methyl sites for hydroxylation is 2. The molecule has 0 spiro atoms. The summed E-state index contributed by atoms with van der Waals surface area (Å²) in [6.07, 6.45) is 4.34. The van der Waals surface area contributed by atoms with Crippen molar-refractivity contribution in [3.63, 3.8) is 0 Å². The van der Waals surface area contributed by atoms with Gasteiger partial charge in [0, 0.05) is 18.1 Å². The Morgan fingerprint density at radius 3 is 2.75 bits per heavy atom. The van der Waals surface area contributed by atoms with Crippen LogP contribution in [0.1, 0.15) is 23.6 Å². The predicted octanol–water partition coefficient (Wildman–Crippen LogP) is 2.64.